The molecule has 3 aromatic carbocycles. The number of hydrogen-bond donors (Lipinski definition) is 2. The summed E-state index contributed by atoms with van der Waals surface area (Å²) in [5.74, 6) is 1.82. The van der Waals surface area contributed by atoms with E-state index < -0.39 is 0 Å². The molecule has 1 aliphatic rings. The van der Waals surface area contributed by atoms with Crippen LogP contribution in [0.4, 0.5) is 11.4 Å². The molecule has 1 fully saturated rings. The molecule has 2 atom stereocenters. The van der Waals surface area contributed by atoms with Crippen LogP contribution in [0.3, 0.4) is 0 Å². The fourth-order valence-electron chi connectivity index (χ4n) is 4.90. The summed E-state index contributed by atoms with van der Waals surface area (Å²) in [4.78, 5) is 19.1. The van der Waals surface area contributed by atoms with Crippen molar-refractivity contribution in [1.29, 1.82) is 0 Å². The summed E-state index contributed by atoms with van der Waals surface area (Å²) in [5.41, 5.74) is 4.22. The van der Waals surface area contributed by atoms with Crippen LogP contribution >= 0.6 is 23.8 Å². The van der Waals surface area contributed by atoms with Crippen LogP contribution in [0.1, 0.15) is 29.1 Å². The SMILES string of the molecule is Cc1ccc(-c2ccc([C@H]3[C@H](c4ccccn4)NC(=S)N3c3ccc(NC(=O)COc4ccccc4)cc3)o2)cc1Cl. The summed E-state index contributed by atoms with van der Waals surface area (Å²) in [6.45, 7) is 1.88. The third-order valence-corrected chi connectivity index (χ3v) is 7.74. The van der Waals surface area contributed by atoms with Crippen LogP contribution in [-0.4, -0.2) is 22.6 Å². The highest BCUT2D eigenvalue weighted by molar-refractivity contribution is 7.80. The second kappa shape index (κ2) is 12.1. The van der Waals surface area contributed by atoms with Gasteiger partial charge in [0.05, 0.1) is 11.7 Å². The number of carbonyl (C=O) groups is 1. The quantitative estimate of drug-likeness (QED) is 0.180. The van der Waals surface area contributed by atoms with Crippen molar-refractivity contribution in [3.05, 3.63) is 131 Å². The number of hydrogen-bond acceptors (Lipinski definition) is 5. The highest BCUT2D eigenvalue weighted by atomic mass is 35.5. The lowest BCUT2D eigenvalue weighted by Crippen LogP contribution is -2.29. The molecule has 1 amide bonds. The van der Waals surface area contributed by atoms with Gasteiger partial charge in [-0.05, 0) is 91.4 Å². The second-order valence-corrected chi connectivity index (χ2v) is 10.7. The maximum Gasteiger partial charge on any atom is 0.262 e. The molecule has 0 unspecified atom stereocenters. The second-order valence-electron chi connectivity index (χ2n) is 9.86. The fourth-order valence-corrected chi connectivity index (χ4v) is 5.43. The van der Waals surface area contributed by atoms with Crippen molar-refractivity contribution in [3.63, 3.8) is 0 Å². The number of nitrogens with zero attached hydrogens (tertiary/aromatic N) is 2. The number of nitrogens with one attached hydrogen (secondary N) is 2. The Balaban J connectivity index is 1.26. The Morgan fingerprint density at radius 3 is 2.55 bits per heavy atom. The lowest BCUT2D eigenvalue weighted by molar-refractivity contribution is -0.118. The number of furan rings is 1. The van der Waals surface area contributed by atoms with E-state index in [2.05, 4.69) is 15.6 Å². The van der Waals surface area contributed by atoms with E-state index in [0.29, 0.717) is 27.3 Å². The number of thiocarbonyl (C=S) groups is 1. The van der Waals surface area contributed by atoms with Gasteiger partial charge in [-0.2, -0.15) is 0 Å². The predicted molar refractivity (Wildman–Crippen MR) is 169 cm³/mol. The standard InChI is InChI=1S/C33H27ClN4O3S/c1-21-10-11-22(19-26(21)34)28-16-17-29(41-28)32-31(27-9-5-6-18-35-27)37-33(42)38(32)24-14-12-23(13-15-24)36-30(39)20-40-25-7-3-2-4-8-25/h2-19,31-32H,20H2,1H3,(H,36,39)(H,37,42)/t31-,32-/m0/s1. The van der Waals surface area contributed by atoms with Crippen molar-refractivity contribution in [2.45, 2.75) is 19.0 Å². The van der Waals surface area contributed by atoms with Gasteiger partial charge in [0.25, 0.3) is 5.91 Å². The van der Waals surface area contributed by atoms with E-state index in [9.17, 15) is 4.79 Å². The molecule has 0 bridgehead atoms. The highest BCUT2D eigenvalue weighted by Crippen LogP contribution is 2.43. The molecule has 1 aliphatic heterocycles. The van der Waals surface area contributed by atoms with Gasteiger partial charge < -0.3 is 24.7 Å². The number of halogens is 1. The molecule has 0 aliphatic carbocycles. The molecule has 2 N–H and O–H groups in total. The lowest BCUT2D eigenvalue weighted by Gasteiger charge is -2.26. The summed E-state index contributed by atoms with van der Waals surface area (Å²) in [7, 11) is 0. The van der Waals surface area contributed by atoms with Gasteiger partial charge >= 0.3 is 0 Å². The minimum Gasteiger partial charge on any atom is -0.484 e. The molecule has 42 heavy (non-hydrogen) atoms. The number of pyridine rings is 1. The Morgan fingerprint density at radius 1 is 1.02 bits per heavy atom. The molecule has 0 radical (unpaired) electrons. The van der Waals surface area contributed by atoms with E-state index in [1.165, 1.54) is 0 Å². The van der Waals surface area contributed by atoms with E-state index >= 15 is 0 Å². The zero-order valence-corrected chi connectivity index (χ0v) is 24.2. The van der Waals surface area contributed by atoms with Gasteiger partial charge in [-0.25, -0.2) is 0 Å². The van der Waals surface area contributed by atoms with E-state index in [4.69, 9.17) is 33.0 Å². The summed E-state index contributed by atoms with van der Waals surface area (Å²) < 4.78 is 12.0. The van der Waals surface area contributed by atoms with Crippen LogP contribution in [-0.2, 0) is 4.79 Å². The molecule has 5 aromatic rings. The van der Waals surface area contributed by atoms with E-state index in [1.54, 1.807) is 6.20 Å². The maximum absolute atomic E-state index is 12.5. The average molecular weight is 595 g/mol. The van der Waals surface area contributed by atoms with Crippen molar-refractivity contribution in [2.75, 3.05) is 16.8 Å². The average Bonchev–Trinajstić information content (AvgIpc) is 3.64. The van der Waals surface area contributed by atoms with Crippen LogP contribution in [0.5, 0.6) is 5.75 Å². The first-order valence-corrected chi connectivity index (χ1v) is 14.2. The third-order valence-electron chi connectivity index (χ3n) is 7.02. The minimum atomic E-state index is -0.318. The summed E-state index contributed by atoms with van der Waals surface area (Å²) in [5, 5.41) is 7.54. The molecule has 9 heteroatoms. The van der Waals surface area contributed by atoms with Crippen LogP contribution in [0.25, 0.3) is 11.3 Å². The van der Waals surface area contributed by atoms with Gasteiger partial charge in [-0.3, -0.25) is 9.78 Å². The van der Waals surface area contributed by atoms with Crippen molar-refractivity contribution in [2.24, 2.45) is 0 Å². The summed E-state index contributed by atoms with van der Waals surface area (Å²) >= 11 is 12.2. The largest absolute Gasteiger partial charge is 0.484 e. The first kappa shape index (κ1) is 27.5. The number of ether oxygens (including phenoxy) is 1. The molecule has 210 valence electrons. The monoisotopic (exact) mass is 594 g/mol. The highest BCUT2D eigenvalue weighted by Gasteiger charge is 2.42. The number of carbonyl (C=O) groups excluding carboxylic acids is 1. The van der Waals surface area contributed by atoms with Gasteiger partial charge in [0.15, 0.2) is 11.7 Å². The van der Waals surface area contributed by atoms with Crippen molar-refractivity contribution >= 4 is 46.2 Å². The van der Waals surface area contributed by atoms with Crippen LogP contribution < -0.4 is 20.3 Å². The Morgan fingerprint density at radius 2 is 1.81 bits per heavy atom. The van der Waals surface area contributed by atoms with E-state index in [1.807, 2.05) is 115 Å². The first-order valence-electron chi connectivity index (χ1n) is 13.4. The van der Waals surface area contributed by atoms with Crippen molar-refractivity contribution in [3.8, 4) is 17.1 Å². The summed E-state index contributed by atoms with van der Waals surface area (Å²) in [6.07, 6.45) is 1.76. The number of amides is 1. The predicted octanol–water partition coefficient (Wildman–Crippen LogP) is 7.50. The Hall–Kier alpha value is -4.66. The number of benzene rings is 3. The number of anilines is 2. The Bertz CT molecular complexity index is 1710. The van der Waals surface area contributed by atoms with E-state index in [-0.39, 0.29) is 24.6 Å². The summed E-state index contributed by atoms with van der Waals surface area (Å²) in [6, 6.07) is 31.7. The van der Waals surface area contributed by atoms with Gasteiger partial charge in [0.1, 0.15) is 23.3 Å². The van der Waals surface area contributed by atoms with E-state index in [0.717, 1.165) is 28.3 Å². The normalized spacial score (nSPS) is 16.2. The minimum absolute atomic E-state index is 0.0905. The molecule has 7 nitrogen and oxygen atoms in total. The number of aromatic nitrogens is 1. The first-order chi connectivity index (χ1) is 20.5. The van der Waals surface area contributed by atoms with Gasteiger partial charge in [0, 0.05) is 28.2 Å². The van der Waals surface area contributed by atoms with Crippen LogP contribution in [0.2, 0.25) is 5.02 Å². The molecule has 6 rings (SSSR count). The smallest absolute Gasteiger partial charge is 0.262 e. The zero-order valence-electron chi connectivity index (χ0n) is 22.7. The molecule has 3 heterocycles. The maximum atomic E-state index is 12.5. The van der Waals surface area contributed by atoms with Crippen LogP contribution in [0, 0.1) is 6.92 Å². The van der Waals surface area contributed by atoms with Gasteiger partial charge in [0.2, 0.25) is 0 Å². The number of para-hydroxylation sites is 1. The van der Waals surface area contributed by atoms with Crippen molar-refractivity contribution < 1.29 is 13.9 Å². The molecular formula is C33H27ClN4O3S. The topological polar surface area (TPSA) is 79.6 Å². The molecule has 0 spiro atoms. The Kier molecular flexibility index (Phi) is 7.90. The number of aryl methyl sites for hydroxylation is 1. The van der Waals surface area contributed by atoms with Crippen molar-refractivity contribution in [1.82, 2.24) is 10.3 Å². The third kappa shape index (κ3) is 5.86. The lowest BCUT2D eigenvalue weighted by atomic mass is 10.0. The molecule has 1 saturated heterocycles. The van der Waals surface area contributed by atoms with Gasteiger partial charge in [-0.15, -0.1) is 0 Å². The van der Waals surface area contributed by atoms with Gasteiger partial charge in [-0.1, -0.05) is 48.0 Å². The van der Waals surface area contributed by atoms with Crippen LogP contribution in [0.15, 0.2) is 114 Å². The fraction of sp³-hybridized carbons (Fsp3) is 0.121. The molecular weight excluding hydrogens is 568 g/mol. The zero-order chi connectivity index (χ0) is 29.1. The number of rotatable bonds is 8. The Labute approximate surface area is 254 Å². The molecule has 2 aromatic heterocycles. The molecule has 0 saturated carbocycles.